The third-order valence-corrected chi connectivity index (χ3v) is 3.26. The van der Waals surface area contributed by atoms with Gasteiger partial charge < -0.3 is 9.73 Å². The summed E-state index contributed by atoms with van der Waals surface area (Å²) in [6, 6.07) is 6.97. The average molecular weight is 298 g/mol. The van der Waals surface area contributed by atoms with Gasteiger partial charge in [0, 0.05) is 5.56 Å². The highest BCUT2D eigenvalue weighted by Crippen LogP contribution is 2.27. The maximum Gasteiger partial charge on any atom is 0.137 e. The van der Waals surface area contributed by atoms with Crippen molar-refractivity contribution in [2.24, 2.45) is 0 Å². The molecule has 0 fully saturated rings. The van der Waals surface area contributed by atoms with Gasteiger partial charge in [-0.05, 0) is 53.7 Å². The van der Waals surface area contributed by atoms with E-state index in [0.29, 0.717) is 4.47 Å². The number of nitrogens with one attached hydrogen (secondary N) is 1. The second kappa shape index (κ2) is 5.02. The molecule has 0 aliphatic rings. The molecule has 0 radical (unpaired) electrons. The highest BCUT2D eigenvalue weighted by molar-refractivity contribution is 9.10. The summed E-state index contributed by atoms with van der Waals surface area (Å²) >= 11 is 3.20. The molecular formula is C13H13BrFNO. The van der Waals surface area contributed by atoms with Crippen LogP contribution in [0.1, 0.15) is 22.9 Å². The Morgan fingerprint density at radius 3 is 2.59 bits per heavy atom. The number of furan rings is 1. The summed E-state index contributed by atoms with van der Waals surface area (Å²) in [7, 11) is 1.87. The maximum atomic E-state index is 13.2. The van der Waals surface area contributed by atoms with E-state index in [-0.39, 0.29) is 11.9 Å². The SMILES string of the molecule is CNC(c1coc(C)c1)c1ccc(F)c(Br)c1. The molecule has 0 bridgehead atoms. The molecule has 17 heavy (non-hydrogen) atoms. The molecule has 0 saturated heterocycles. The van der Waals surface area contributed by atoms with Gasteiger partial charge >= 0.3 is 0 Å². The van der Waals surface area contributed by atoms with Crippen LogP contribution >= 0.6 is 15.9 Å². The molecule has 0 saturated carbocycles. The van der Waals surface area contributed by atoms with E-state index >= 15 is 0 Å². The van der Waals surface area contributed by atoms with E-state index in [1.165, 1.54) is 6.07 Å². The van der Waals surface area contributed by atoms with E-state index in [1.807, 2.05) is 20.0 Å². The summed E-state index contributed by atoms with van der Waals surface area (Å²) < 4.78 is 19.0. The van der Waals surface area contributed by atoms with Crippen LogP contribution in [0.2, 0.25) is 0 Å². The quantitative estimate of drug-likeness (QED) is 0.932. The standard InChI is InChI=1S/C13H13BrFNO/c1-8-5-10(7-17-8)13(16-2)9-3-4-12(15)11(14)6-9/h3-7,13,16H,1-2H3. The Labute approximate surface area is 108 Å². The lowest BCUT2D eigenvalue weighted by atomic mass is 10.0. The van der Waals surface area contributed by atoms with Crippen molar-refractivity contribution in [3.8, 4) is 0 Å². The summed E-state index contributed by atoms with van der Waals surface area (Å²) in [5.74, 6) is 0.605. The number of aryl methyl sites for hydroxylation is 1. The summed E-state index contributed by atoms with van der Waals surface area (Å²) in [6.45, 7) is 1.90. The normalized spacial score (nSPS) is 12.7. The zero-order valence-corrected chi connectivity index (χ0v) is 11.2. The van der Waals surface area contributed by atoms with Crippen LogP contribution in [0.25, 0.3) is 0 Å². The molecule has 1 aromatic heterocycles. The number of halogens is 2. The number of rotatable bonds is 3. The number of hydrogen-bond donors (Lipinski definition) is 1. The van der Waals surface area contributed by atoms with Gasteiger partial charge in [-0.25, -0.2) is 4.39 Å². The zero-order chi connectivity index (χ0) is 12.4. The molecule has 0 amide bonds. The minimum atomic E-state index is -0.257. The fourth-order valence-electron chi connectivity index (χ4n) is 1.83. The Hall–Kier alpha value is -1.13. The van der Waals surface area contributed by atoms with Crippen molar-refractivity contribution < 1.29 is 8.81 Å². The van der Waals surface area contributed by atoms with Crippen LogP contribution < -0.4 is 5.32 Å². The Morgan fingerprint density at radius 1 is 1.29 bits per heavy atom. The van der Waals surface area contributed by atoms with Gasteiger partial charge in [-0.3, -0.25) is 0 Å². The van der Waals surface area contributed by atoms with Crippen LogP contribution in [-0.4, -0.2) is 7.05 Å². The lowest BCUT2D eigenvalue weighted by Crippen LogP contribution is -2.17. The topological polar surface area (TPSA) is 25.2 Å². The van der Waals surface area contributed by atoms with Gasteiger partial charge in [0.2, 0.25) is 0 Å². The second-order valence-corrected chi connectivity index (χ2v) is 4.74. The van der Waals surface area contributed by atoms with Gasteiger partial charge in [0.05, 0.1) is 16.8 Å². The summed E-state index contributed by atoms with van der Waals surface area (Å²) in [6.07, 6.45) is 1.72. The molecule has 1 aromatic carbocycles. The molecule has 1 heterocycles. The largest absolute Gasteiger partial charge is 0.469 e. The fourth-order valence-corrected chi connectivity index (χ4v) is 2.23. The van der Waals surface area contributed by atoms with Crippen molar-refractivity contribution in [1.29, 1.82) is 0 Å². The Morgan fingerprint density at radius 2 is 2.06 bits per heavy atom. The Balaban J connectivity index is 2.38. The minimum absolute atomic E-state index is 0.00403. The lowest BCUT2D eigenvalue weighted by molar-refractivity contribution is 0.527. The average Bonchev–Trinajstić information content (AvgIpc) is 2.71. The van der Waals surface area contributed by atoms with E-state index in [9.17, 15) is 4.39 Å². The maximum absolute atomic E-state index is 13.2. The van der Waals surface area contributed by atoms with E-state index in [1.54, 1.807) is 18.4 Å². The smallest absolute Gasteiger partial charge is 0.137 e. The van der Waals surface area contributed by atoms with Gasteiger partial charge in [-0.15, -0.1) is 0 Å². The van der Waals surface area contributed by atoms with Crippen LogP contribution in [-0.2, 0) is 0 Å². The van der Waals surface area contributed by atoms with Gasteiger partial charge in [0.1, 0.15) is 11.6 Å². The van der Waals surface area contributed by atoms with Gasteiger partial charge in [0.15, 0.2) is 0 Å². The van der Waals surface area contributed by atoms with Gasteiger partial charge in [0.25, 0.3) is 0 Å². The first-order valence-corrected chi connectivity index (χ1v) is 6.08. The van der Waals surface area contributed by atoms with Crippen LogP contribution in [0.3, 0.4) is 0 Å². The molecule has 1 N–H and O–H groups in total. The summed E-state index contributed by atoms with van der Waals surface area (Å²) in [4.78, 5) is 0. The van der Waals surface area contributed by atoms with Crippen LogP contribution in [0.5, 0.6) is 0 Å². The van der Waals surface area contributed by atoms with Crippen molar-refractivity contribution in [2.45, 2.75) is 13.0 Å². The van der Waals surface area contributed by atoms with Crippen molar-refractivity contribution in [3.05, 3.63) is 57.7 Å². The third-order valence-electron chi connectivity index (χ3n) is 2.65. The first-order chi connectivity index (χ1) is 8.11. The number of benzene rings is 1. The van der Waals surface area contributed by atoms with E-state index < -0.39 is 0 Å². The zero-order valence-electron chi connectivity index (χ0n) is 9.63. The molecule has 0 spiro atoms. The third kappa shape index (κ3) is 2.58. The molecular weight excluding hydrogens is 285 g/mol. The van der Waals surface area contributed by atoms with Crippen LogP contribution in [0.4, 0.5) is 4.39 Å². The van der Waals surface area contributed by atoms with Gasteiger partial charge in [-0.2, -0.15) is 0 Å². The molecule has 2 nitrogen and oxygen atoms in total. The molecule has 1 atom stereocenters. The van der Waals surface area contributed by atoms with Crippen molar-refractivity contribution >= 4 is 15.9 Å². The van der Waals surface area contributed by atoms with E-state index in [2.05, 4.69) is 21.2 Å². The van der Waals surface area contributed by atoms with Crippen LogP contribution in [0, 0.1) is 12.7 Å². The Bertz CT molecular complexity index is 524. The van der Waals surface area contributed by atoms with E-state index in [0.717, 1.165) is 16.9 Å². The Kier molecular flexibility index (Phi) is 3.64. The highest BCUT2D eigenvalue weighted by atomic mass is 79.9. The molecule has 0 aliphatic heterocycles. The summed E-state index contributed by atoms with van der Waals surface area (Å²) in [5.41, 5.74) is 2.02. The van der Waals surface area contributed by atoms with E-state index in [4.69, 9.17) is 4.42 Å². The van der Waals surface area contributed by atoms with Crippen molar-refractivity contribution in [1.82, 2.24) is 5.32 Å². The molecule has 1 unspecified atom stereocenters. The second-order valence-electron chi connectivity index (χ2n) is 3.89. The fraction of sp³-hybridized carbons (Fsp3) is 0.231. The first-order valence-electron chi connectivity index (χ1n) is 5.29. The van der Waals surface area contributed by atoms with Crippen LogP contribution in [0.15, 0.2) is 39.4 Å². The molecule has 90 valence electrons. The van der Waals surface area contributed by atoms with Crippen molar-refractivity contribution in [2.75, 3.05) is 7.05 Å². The predicted molar refractivity (Wildman–Crippen MR) is 68.4 cm³/mol. The molecule has 4 heteroatoms. The number of hydrogen-bond acceptors (Lipinski definition) is 2. The van der Waals surface area contributed by atoms with Gasteiger partial charge in [-0.1, -0.05) is 6.07 Å². The first kappa shape index (κ1) is 12.3. The highest BCUT2D eigenvalue weighted by Gasteiger charge is 2.15. The summed E-state index contributed by atoms with van der Waals surface area (Å²) in [5, 5.41) is 3.19. The molecule has 2 aromatic rings. The van der Waals surface area contributed by atoms with Crippen molar-refractivity contribution in [3.63, 3.8) is 0 Å². The predicted octanol–water partition coefficient (Wildman–Crippen LogP) is 3.80. The monoisotopic (exact) mass is 297 g/mol. The molecule has 0 aliphatic carbocycles. The lowest BCUT2D eigenvalue weighted by Gasteiger charge is -2.15. The molecule has 2 rings (SSSR count). The minimum Gasteiger partial charge on any atom is -0.469 e.